The van der Waals surface area contributed by atoms with Gasteiger partial charge in [0.05, 0.1) is 13.2 Å². The minimum Gasteiger partial charge on any atom is -0.493 e. The van der Waals surface area contributed by atoms with Crippen LogP contribution >= 0.6 is 0 Å². The first-order valence-electron chi connectivity index (χ1n) is 9.92. The Kier molecular flexibility index (Phi) is 9.04. The summed E-state index contributed by atoms with van der Waals surface area (Å²) in [4.78, 5) is 0. The third-order valence-corrected chi connectivity index (χ3v) is 4.51. The molecule has 0 aromatic heterocycles. The van der Waals surface area contributed by atoms with E-state index in [0.717, 1.165) is 56.6 Å². The monoisotopic (exact) mass is 333 g/mol. The Morgan fingerprint density at radius 2 is 1.67 bits per heavy atom. The highest BCUT2D eigenvalue weighted by Gasteiger charge is 2.20. The number of hydrogen-bond donors (Lipinski definition) is 1. The van der Waals surface area contributed by atoms with Crippen LogP contribution in [0.2, 0.25) is 0 Å². The Bertz CT molecular complexity index is 457. The molecule has 0 radical (unpaired) electrons. The maximum Gasteiger partial charge on any atom is 0.127 e. The van der Waals surface area contributed by atoms with Gasteiger partial charge in [-0.1, -0.05) is 45.6 Å². The molecule has 0 saturated heterocycles. The lowest BCUT2D eigenvalue weighted by atomic mass is 10.2. The second-order valence-electron chi connectivity index (χ2n) is 6.95. The normalized spacial score (nSPS) is 13.9. The van der Waals surface area contributed by atoms with Crippen molar-refractivity contribution in [2.45, 2.75) is 71.8 Å². The molecule has 1 fully saturated rings. The molecule has 0 aliphatic heterocycles. The summed E-state index contributed by atoms with van der Waals surface area (Å²) in [6.45, 7) is 8.04. The standard InChI is InChI=1S/C21H35NO2/c1-3-5-7-13-23-20-12-11-19(17-22-16-18-9-10-18)21(15-20)24-14-8-6-4-2/h11-12,15,18,22H,3-10,13-14,16-17H2,1-2H3. The second kappa shape index (κ2) is 11.4. The van der Waals surface area contributed by atoms with Crippen molar-refractivity contribution in [1.82, 2.24) is 5.32 Å². The second-order valence-corrected chi connectivity index (χ2v) is 6.95. The molecule has 136 valence electrons. The van der Waals surface area contributed by atoms with Gasteiger partial charge in [0, 0.05) is 18.2 Å². The third kappa shape index (κ3) is 7.57. The van der Waals surface area contributed by atoms with Crippen LogP contribution in [0.5, 0.6) is 11.5 Å². The van der Waals surface area contributed by atoms with Gasteiger partial charge in [-0.15, -0.1) is 0 Å². The van der Waals surface area contributed by atoms with Crippen LogP contribution in [0, 0.1) is 5.92 Å². The zero-order chi connectivity index (χ0) is 17.0. The number of ether oxygens (including phenoxy) is 2. The van der Waals surface area contributed by atoms with E-state index in [-0.39, 0.29) is 0 Å². The smallest absolute Gasteiger partial charge is 0.127 e. The van der Waals surface area contributed by atoms with Crippen LogP contribution < -0.4 is 14.8 Å². The van der Waals surface area contributed by atoms with Gasteiger partial charge in [0.25, 0.3) is 0 Å². The van der Waals surface area contributed by atoms with Crippen LogP contribution in [-0.4, -0.2) is 19.8 Å². The molecule has 1 aliphatic carbocycles. The number of nitrogens with one attached hydrogen (secondary N) is 1. The van der Waals surface area contributed by atoms with Crippen molar-refractivity contribution in [1.29, 1.82) is 0 Å². The Morgan fingerprint density at radius 3 is 2.33 bits per heavy atom. The molecule has 1 aromatic carbocycles. The Labute approximate surface area is 148 Å². The largest absolute Gasteiger partial charge is 0.493 e. The highest BCUT2D eigenvalue weighted by Crippen LogP contribution is 2.29. The average molecular weight is 334 g/mol. The van der Waals surface area contributed by atoms with Crippen LogP contribution in [0.25, 0.3) is 0 Å². The maximum absolute atomic E-state index is 6.06. The van der Waals surface area contributed by atoms with E-state index in [2.05, 4.69) is 37.4 Å². The van der Waals surface area contributed by atoms with Crippen molar-refractivity contribution >= 4 is 0 Å². The van der Waals surface area contributed by atoms with E-state index in [9.17, 15) is 0 Å². The molecule has 1 N–H and O–H groups in total. The van der Waals surface area contributed by atoms with Crippen LogP contribution in [-0.2, 0) is 6.54 Å². The van der Waals surface area contributed by atoms with Crippen molar-refractivity contribution in [2.24, 2.45) is 5.92 Å². The number of benzene rings is 1. The molecular weight excluding hydrogens is 298 g/mol. The van der Waals surface area contributed by atoms with Gasteiger partial charge < -0.3 is 14.8 Å². The maximum atomic E-state index is 6.06. The fourth-order valence-corrected chi connectivity index (χ4v) is 2.71. The van der Waals surface area contributed by atoms with Crippen molar-refractivity contribution < 1.29 is 9.47 Å². The minimum atomic E-state index is 0.794. The van der Waals surface area contributed by atoms with E-state index in [1.807, 2.05) is 0 Å². The van der Waals surface area contributed by atoms with Crippen molar-refractivity contribution in [2.75, 3.05) is 19.8 Å². The van der Waals surface area contributed by atoms with Gasteiger partial charge in [0.2, 0.25) is 0 Å². The molecular formula is C21H35NO2. The molecule has 0 spiro atoms. The van der Waals surface area contributed by atoms with Gasteiger partial charge in [-0.25, -0.2) is 0 Å². The summed E-state index contributed by atoms with van der Waals surface area (Å²) in [5, 5.41) is 3.56. The summed E-state index contributed by atoms with van der Waals surface area (Å²) in [5.74, 6) is 2.82. The van der Waals surface area contributed by atoms with E-state index < -0.39 is 0 Å². The number of rotatable bonds is 14. The molecule has 1 aliphatic rings. The van der Waals surface area contributed by atoms with E-state index in [1.165, 1.54) is 44.1 Å². The zero-order valence-corrected chi connectivity index (χ0v) is 15.6. The Balaban J connectivity index is 1.87. The summed E-state index contributed by atoms with van der Waals surface area (Å²) in [5.41, 5.74) is 1.24. The first-order chi connectivity index (χ1) is 11.8. The van der Waals surface area contributed by atoms with E-state index in [4.69, 9.17) is 9.47 Å². The lowest BCUT2D eigenvalue weighted by Crippen LogP contribution is -2.17. The SMILES string of the molecule is CCCCCOc1ccc(CNCC2CC2)c(OCCCCC)c1. The van der Waals surface area contributed by atoms with Crippen LogP contribution in [0.3, 0.4) is 0 Å². The predicted octanol–water partition coefficient (Wildman–Crippen LogP) is 5.32. The first kappa shape index (κ1) is 19.1. The van der Waals surface area contributed by atoms with E-state index >= 15 is 0 Å². The zero-order valence-electron chi connectivity index (χ0n) is 15.6. The van der Waals surface area contributed by atoms with Crippen LogP contribution in [0.15, 0.2) is 18.2 Å². The molecule has 1 saturated carbocycles. The van der Waals surface area contributed by atoms with Gasteiger partial charge >= 0.3 is 0 Å². The molecule has 0 bridgehead atoms. The summed E-state index contributed by atoms with van der Waals surface area (Å²) in [7, 11) is 0. The van der Waals surface area contributed by atoms with Gasteiger partial charge in [-0.2, -0.15) is 0 Å². The molecule has 2 rings (SSSR count). The van der Waals surface area contributed by atoms with Gasteiger partial charge in [-0.3, -0.25) is 0 Å². The fraction of sp³-hybridized carbons (Fsp3) is 0.714. The first-order valence-corrected chi connectivity index (χ1v) is 9.92. The quantitative estimate of drug-likeness (QED) is 0.467. The molecule has 0 heterocycles. The lowest BCUT2D eigenvalue weighted by Gasteiger charge is -2.14. The Hall–Kier alpha value is -1.22. The topological polar surface area (TPSA) is 30.5 Å². The van der Waals surface area contributed by atoms with Gasteiger partial charge in [0.15, 0.2) is 0 Å². The van der Waals surface area contributed by atoms with E-state index in [1.54, 1.807) is 0 Å². The molecule has 0 atom stereocenters. The number of hydrogen-bond acceptors (Lipinski definition) is 3. The van der Waals surface area contributed by atoms with Gasteiger partial charge in [0.1, 0.15) is 11.5 Å². The summed E-state index contributed by atoms with van der Waals surface area (Å²) in [6, 6.07) is 6.31. The van der Waals surface area contributed by atoms with Gasteiger partial charge in [-0.05, 0) is 44.2 Å². The summed E-state index contributed by atoms with van der Waals surface area (Å²) >= 11 is 0. The molecule has 3 nitrogen and oxygen atoms in total. The fourth-order valence-electron chi connectivity index (χ4n) is 2.71. The highest BCUT2D eigenvalue weighted by molar-refractivity contribution is 5.40. The molecule has 3 heteroatoms. The predicted molar refractivity (Wildman–Crippen MR) is 101 cm³/mol. The minimum absolute atomic E-state index is 0.794. The van der Waals surface area contributed by atoms with E-state index in [0.29, 0.717) is 0 Å². The average Bonchev–Trinajstić information content (AvgIpc) is 3.41. The number of unbranched alkanes of at least 4 members (excludes halogenated alkanes) is 4. The van der Waals surface area contributed by atoms with Crippen LogP contribution in [0.4, 0.5) is 0 Å². The van der Waals surface area contributed by atoms with Crippen molar-refractivity contribution in [3.05, 3.63) is 23.8 Å². The Morgan fingerprint density at radius 1 is 0.958 bits per heavy atom. The summed E-state index contributed by atoms with van der Waals surface area (Å²) < 4.78 is 11.9. The van der Waals surface area contributed by atoms with Crippen LogP contribution in [0.1, 0.15) is 70.8 Å². The van der Waals surface area contributed by atoms with Crippen molar-refractivity contribution in [3.63, 3.8) is 0 Å². The third-order valence-electron chi connectivity index (χ3n) is 4.51. The molecule has 0 amide bonds. The molecule has 1 aromatic rings. The molecule has 24 heavy (non-hydrogen) atoms. The lowest BCUT2D eigenvalue weighted by molar-refractivity contribution is 0.289. The highest BCUT2D eigenvalue weighted by atomic mass is 16.5. The van der Waals surface area contributed by atoms with Crippen molar-refractivity contribution in [3.8, 4) is 11.5 Å². The molecule has 0 unspecified atom stereocenters. The summed E-state index contributed by atoms with van der Waals surface area (Å²) in [6.07, 6.45) is 9.91.